The average molecular weight is 295 g/mol. The van der Waals surface area contributed by atoms with Crippen LogP contribution < -0.4 is 5.32 Å². The van der Waals surface area contributed by atoms with Crippen molar-refractivity contribution in [2.24, 2.45) is 0 Å². The van der Waals surface area contributed by atoms with E-state index in [1.165, 1.54) is 23.1 Å². The number of nitrogens with one attached hydrogen (secondary N) is 1. The Morgan fingerprint density at radius 3 is 2.43 bits per heavy atom. The van der Waals surface area contributed by atoms with E-state index in [2.05, 4.69) is 5.32 Å². The number of carboxylic acid groups (broad SMARTS) is 1. The van der Waals surface area contributed by atoms with Crippen LogP contribution in [0.25, 0.3) is 0 Å². The molecule has 3 N–H and O–H groups in total. The first-order valence-corrected chi connectivity index (χ1v) is 6.55. The summed E-state index contributed by atoms with van der Waals surface area (Å²) in [5.74, 6) is -1.69. The zero-order valence-electron chi connectivity index (χ0n) is 12.5. The van der Waals surface area contributed by atoms with E-state index in [9.17, 15) is 14.7 Å². The Balaban J connectivity index is 2.66. The van der Waals surface area contributed by atoms with E-state index in [-0.39, 0.29) is 11.3 Å². The number of rotatable bonds is 6. The maximum Gasteiger partial charge on any atom is 0.339 e. The van der Waals surface area contributed by atoms with Crippen LogP contribution in [-0.2, 0) is 0 Å². The maximum atomic E-state index is 12.0. The van der Waals surface area contributed by atoms with Crippen LogP contribution in [0.3, 0.4) is 0 Å². The summed E-state index contributed by atoms with van der Waals surface area (Å²) in [6.45, 7) is 1.42. The summed E-state index contributed by atoms with van der Waals surface area (Å²) in [5, 5.41) is 21.2. The van der Waals surface area contributed by atoms with Crippen molar-refractivity contribution in [3.8, 4) is 5.75 Å². The summed E-state index contributed by atoms with van der Waals surface area (Å²) >= 11 is 0. The van der Waals surface area contributed by atoms with E-state index in [1.807, 2.05) is 19.0 Å². The van der Waals surface area contributed by atoms with Crippen LogP contribution in [0.1, 0.15) is 16.8 Å². The maximum absolute atomic E-state index is 12.0. The standard InChI is InChI=1S/C14H21N3O4/c1-16(2)8-5-9-17(3)14(21)15-11-7-4-6-10(12(11)18)13(19)20/h4,6-7,18H,5,8-9H2,1-3H3,(H,15,21)(H,19,20). The molecule has 21 heavy (non-hydrogen) atoms. The summed E-state index contributed by atoms with van der Waals surface area (Å²) in [6.07, 6.45) is 0.818. The third-order valence-electron chi connectivity index (χ3n) is 2.95. The molecule has 0 aliphatic rings. The van der Waals surface area contributed by atoms with Gasteiger partial charge in [-0.1, -0.05) is 6.07 Å². The predicted octanol–water partition coefficient (Wildman–Crippen LogP) is 1.51. The molecule has 0 aromatic heterocycles. The van der Waals surface area contributed by atoms with Gasteiger partial charge in [0.1, 0.15) is 5.56 Å². The van der Waals surface area contributed by atoms with Gasteiger partial charge in [0.2, 0.25) is 0 Å². The number of hydrogen-bond donors (Lipinski definition) is 3. The van der Waals surface area contributed by atoms with Gasteiger partial charge in [0.15, 0.2) is 5.75 Å². The van der Waals surface area contributed by atoms with Gasteiger partial charge in [-0.05, 0) is 39.2 Å². The van der Waals surface area contributed by atoms with Crippen molar-refractivity contribution in [3.63, 3.8) is 0 Å². The molecule has 1 aromatic carbocycles. The average Bonchev–Trinajstić information content (AvgIpc) is 2.40. The molecule has 2 amide bonds. The second-order valence-electron chi connectivity index (χ2n) is 5.02. The van der Waals surface area contributed by atoms with Gasteiger partial charge < -0.3 is 25.3 Å². The SMILES string of the molecule is CN(C)CCCN(C)C(=O)Nc1cccc(C(=O)O)c1O. The first-order chi connectivity index (χ1) is 9.82. The minimum atomic E-state index is -1.25. The second kappa shape index (κ2) is 7.49. The molecule has 1 aromatic rings. The molecule has 0 saturated heterocycles. The fourth-order valence-corrected chi connectivity index (χ4v) is 1.75. The summed E-state index contributed by atoms with van der Waals surface area (Å²) in [6, 6.07) is 3.79. The number of phenols is 1. The molecule has 0 atom stereocenters. The Bertz CT molecular complexity index is 517. The summed E-state index contributed by atoms with van der Waals surface area (Å²) < 4.78 is 0. The number of urea groups is 1. The molecule has 7 heteroatoms. The zero-order valence-corrected chi connectivity index (χ0v) is 12.5. The van der Waals surface area contributed by atoms with Crippen LogP contribution in [0.4, 0.5) is 10.5 Å². The number of carbonyl (C=O) groups is 2. The number of aromatic hydroxyl groups is 1. The molecule has 7 nitrogen and oxygen atoms in total. The summed E-state index contributed by atoms with van der Waals surface area (Å²) in [4.78, 5) is 26.4. The quantitative estimate of drug-likeness (QED) is 0.692. The third-order valence-corrected chi connectivity index (χ3v) is 2.95. The highest BCUT2D eigenvalue weighted by Gasteiger charge is 2.16. The van der Waals surface area contributed by atoms with Crippen molar-refractivity contribution in [3.05, 3.63) is 23.8 Å². The monoisotopic (exact) mass is 295 g/mol. The van der Waals surface area contributed by atoms with Crippen molar-refractivity contribution < 1.29 is 19.8 Å². The van der Waals surface area contributed by atoms with Gasteiger partial charge in [-0.2, -0.15) is 0 Å². The smallest absolute Gasteiger partial charge is 0.339 e. The molecule has 0 radical (unpaired) electrons. The lowest BCUT2D eigenvalue weighted by molar-refractivity contribution is 0.0693. The highest BCUT2D eigenvalue weighted by Crippen LogP contribution is 2.27. The third kappa shape index (κ3) is 4.96. The first-order valence-electron chi connectivity index (χ1n) is 6.55. The minimum Gasteiger partial charge on any atom is -0.505 e. The molecule has 0 aliphatic heterocycles. The fourth-order valence-electron chi connectivity index (χ4n) is 1.75. The number of carboxylic acids is 1. The number of amides is 2. The fraction of sp³-hybridized carbons (Fsp3) is 0.429. The molecule has 0 bridgehead atoms. The lowest BCUT2D eigenvalue weighted by Crippen LogP contribution is -2.33. The van der Waals surface area contributed by atoms with Crippen LogP contribution in [-0.4, -0.2) is 66.2 Å². The Hall–Kier alpha value is -2.28. The Morgan fingerprint density at radius 1 is 1.19 bits per heavy atom. The summed E-state index contributed by atoms with van der Waals surface area (Å²) in [7, 11) is 5.55. The Labute approximate surface area is 123 Å². The molecular formula is C14H21N3O4. The Morgan fingerprint density at radius 2 is 1.86 bits per heavy atom. The van der Waals surface area contributed by atoms with E-state index in [4.69, 9.17) is 5.11 Å². The van der Waals surface area contributed by atoms with Crippen LogP contribution in [0, 0.1) is 0 Å². The number of hydrogen-bond acceptors (Lipinski definition) is 4. The lowest BCUT2D eigenvalue weighted by Gasteiger charge is -2.19. The molecule has 0 spiro atoms. The van der Waals surface area contributed by atoms with Crippen LogP contribution in [0.5, 0.6) is 5.75 Å². The molecule has 1 rings (SSSR count). The van der Waals surface area contributed by atoms with Gasteiger partial charge in [0.25, 0.3) is 0 Å². The molecule has 0 heterocycles. The summed E-state index contributed by atoms with van der Waals surface area (Å²) in [5.41, 5.74) is -0.164. The van der Waals surface area contributed by atoms with Gasteiger partial charge in [-0.25, -0.2) is 9.59 Å². The normalized spacial score (nSPS) is 10.5. The van der Waals surface area contributed by atoms with Crippen LogP contribution in [0.2, 0.25) is 0 Å². The minimum absolute atomic E-state index is 0.0827. The predicted molar refractivity (Wildman–Crippen MR) is 79.9 cm³/mol. The lowest BCUT2D eigenvalue weighted by atomic mass is 10.1. The molecule has 0 unspecified atom stereocenters. The Kier molecular flexibility index (Phi) is 5.98. The van der Waals surface area contributed by atoms with Gasteiger partial charge in [0, 0.05) is 13.6 Å². The second-order valence-corrected chi connectivity index (χ2v) is 5.02. The number of aromatic carboxylic acids is 1. The highest BCUT2D eigenvalue weighted by molar-refractivity contribution is 5.97. The topological polar surface area (TPSA) is 93.1 Å². The van der Waals surface area contributed by atoms with Crippen molar-refractivity contribution in [1.82, 2.24) is 9.80 Å². The largest absolute Gasteiger partial charge is 0.505 e. The van der Waals surface area contributed by atoms with Crippen LogP contribution in [0.15, 0.2) is 18.2 Å². The van der Waals surface area contributed by atoms with Gasteiger partial charge in [0.05, 0.1) is 5.69 Å². The van der Waals surface area contributed by atoms with E-state index in [1.54, 1.807) is 7.05 Å². The molecular weight excluding hydrogens is 274 g/mol. The number of para-hydroxylation sites is 1. The number of anilines is 1. The van der Waals surface area contributed by atoms with Gasteiger partial charge >= 0.3 is 12.0 Å². The van der Waals surface area contributed by atoms with Crippen molar-refractivity contribution in [2.75, 3.05) is 39.5 Å². The number of benzene rings is 1. The zero-order chi connectivity index (χ0) is 16.0. The van der Waals surface area contributed by atoms with E-state index in [0.717, 1.165) is 13.0 Å². The van der Waals surface area contributed by atoms with E-state index < -0.39 is 17.7 Å². The van der Waals surface area contributed by atoms with Crippen molar-refractivity contribution in [2.45, 2.75) is 6.42 Å². The van der Waals surface area contributed by atoms with Crippen LogP contribution >= 0.6 is 0 Å². The van der Waals surface area contributed by atoms with E-state index in [0.29, 0.717) is 6.54 Å². The van der Waals surface area contributed by atoms with Crippen molar-refractivity contribution in [1.29, 1.82) is 0 Å². The number of nitrogens with zero attached hydrogens (tertiary/aromatic N) is 2. The van der Waals surface area contributed by atoms with Gasteiger partial charge in [-0.15, -0.1) is 0 Å². The first kappa shape index (κ1) is 16.8. The molecule has 0 saturated carbocycles. The van der Waals surface area contributed by atoms with E-state index >= 15 is 0 Å². The van der Waals surface area contributed by atoms with Gasteiger partial charge in [-0.3, -0.25) is 0 Å². The highest BCUT2D eigenvalue weighted by atomic mass is 16.4. The molecule has 0 aliphatic carbocycles. The molecule has 0 fully saturated rings. The molecule has 116 valence electrons. The van der Waals surface area contributed by atoms with Crippen molar-refractivity contribution >= 4 is 17.7 Å². The number of carbonyl (C=O) groups excluding carboxylic acids is 1.